The minimum absolute atomic E-state index is 0.265. The lowest BCUT2D eigenvalue weighted by Gasteiger charge is -2.25. The van der Waals surface area contributed by atoms with Crippen molar-refractivity contribution >= 4 is 0 Å². The van der Waals surface area contributed by atoms with Crippen LogP contribution in [0.5, 0.6) is 0 Å². The molecule has 0 saturated carbocycles. The van der Waals surface area contributed by atoms with Gasteiger partial charge in [0.25, 0.3) is 0 Å². The number of alkyl halides is 3. The van der Waals surface area contributed by atoms with Crippen molar-refractivity contribution in [3.05, 3.63) is 71.8 Å². The van der Waals surface area contributed by atoms with E-state index in [1.807, 2.05) is 0 Å². The van der Waals surface area contributed by atoms with Crippen molar-refractivity contribution in [1.29, 1.82) is 0 Å². The zero-order chi connectivity index (χ0) is 14.6. The highest BCUT2D eigenvalue weighted by Crippen LogP contribution is 2.36. The maximum atomic E-state index is 12.5. The molecule has 2 aromatic rings. The Morgan fingerprint density at radius 2 is 1.25 bits per heavy atom. The second-order valence-corrected chi connectivity index (χ2v) is 4.25. The van der Waals surface area contributed by atoms with E-state index in [-0.39, 0.29) is 5.56 Å². The van der Waals surface area contributed by atoms with Crippen molar-refractivity contribution in [2.45, 2.75) is 18.6 Å². The number of hydrogen-bond acceptors (Lipinski definition) is 2. The van der Waals surface area contributed by atoms with Gasteiger partial charge in [-0.3, -0.25) is 4.74 Å². The van der Waals surface area contributed by atoms with Gasteiger partial charge in [-0.2, -0.15) is 0 Å². The fourth-order valence-corrected chi connectivity index (χ4v) is 1.93. The summed E-state index contributed by atoms with van der Waals surface area (Å²) in [4.78, 5) is 0. The van der Waals surface area contributed by atoms with Crippen LogP contribution in [0.4, 0.5) is 13.2 Å². The van der Waals surface area contributed by atoms with E-state index in [1.165, 1.54) is 12.1 Å². The Morgan fingerprint density at radius 1 is 0.800 bits per heavy atom. The molecule has 0 aliphatic rings. The highest BCUT2D eigenvalue weighted by Gasteiger charge is 2.37. The van der Waals surface area contributed by atoms with Gasteiger partial charge in [0.2, 0.25) is 0 Å². The van der Waals surface area contributed by atoms with Crippen LogP contribution in [0, 0.1) is 0 Å². The van der Waals surface area contributed by atoms with Gasteiger partial charge in [0.15, 0.2) is 0 Å². The summed E-state index contributed by atoms with van der Waals surface area (Å²) in [7, 11) is 0. The van der Waals surface area contributed by atoms with Gasteiger partial charge in [-0.25, -0.2) is 0 Å². The van der Waals surface area contributed by atoms with Crippen LogP contribution in [0.3, 0.4) is 0 Å². The quantitative estimate of drug-likeness (QED) is 0.918. The van der Waals surface area contributed by atoms with E-state index in [9.17, 15) is 18.3 Å². The van der Waals surface area contributed by atoms with Crippen molar-refractivity contribution in [3.63, 3.8) is 0 Å². The van der Waals surface area contributed by atoms with Crippen LogP contribution in [0.2, 0.25) is 0 Å². The molecule has 0 aromatic heterocycles. The Balaban J connectivity index is 2.32. The van der Waals surface area contributed by atoms with Gasteiger partial charge in [-0.15, -0.1) is 13.2 Å². The number of halogens is 3. The average molecular weight is 282 g/mol. The minimum Gasteiger partial charge on any atom is -0.385 e. The first kappa shape index (κ1) is 14.6. The number of aliphatic hydroxyl groups excluding tert-OH is 1. The molecule has 0 bridgehead atoms. The third-order valence-corrected chi connectivity index (χ3v) is 2.82. The van der Waals surface area contributed by atoms with Crippen LogP contribution in [0.15, 0.2) is 60.7 Å². The molecule has 0 spiro atoms. The summed E-state index contributed by atoms with van der Waals surface area (Å²) in [6, 6.07) is 16.0. The number of aliphatic hydroxyl groups is 1. The number of benzene rings is 2. The van der Waals surface area contributed by atoms with E-state index in [0.29, 0.717) is 5.56 Å². The molecule has 0 radical (unpaired) electrons. The van der Waals surface area contributed by atoms with E-state index in [4.69, 9.17) is 0 Å². The third-order valence-electron chi connectivity index (χ3n) is 2.82. The summed E-state index contributed by atoms with van der Waals surface area (Å²) < 4.78 is 41.7. The van der Waals surface area contributed by atoms with Crippen LogP contribution in [-0.2, 0) is 4.74 Å². The molecule has 20 heavy (non-hydrogen) atoms. The molecule has 5 heteroatoms. The van der Waals surface area contributed by atoms with Crippen LogP contribution >= 0.6 is 0 Å². The first-order chi connectivity index (χ1) is 9.47. The van der Waals surface area contributed by atoms with Gasteiger partial charge in [0, 0.05) is 0 Å². The molecule has 0 amide bonds. The van der Waals surface area contributed by atoms with E-state index in [2.05, 4.69) is 4.74 Å². The molecular weight excluding hydrogens is 269 g/mol. The van der Waals surface area contributed by atoms with Gasteiger partial charge >= 0.3 is 6.36 Å². The smallest absolute Gasteiger partial charge is 0.385 e. The monoisotopic (exact) mass is 282 g/mol. The summed E-state index contributed by atoms with van der Waals surface area (Å²) in [5.74, 6) is 0. The summed E-state index contributed by atoms with van der Waals surface area (Å²) in [6.07, 6.45) is -7.73. The standard InChI is InChI=1S/C15H13F3O2/c16-15(17,18)20-14(12-9-5-2-6-10-12)13(19)11-7-3-1-4-8-11/h1-10,13-14,19H/t13-,14-/m1/s1. The SMILES string of the molecule is O[C@H](c1ccccc1)[C@H](OC(F)(F)F)c1ccccc1. The predicted octanol–water partition coefficient (Wildman–Crippen LogP) is 4.00. The average Bonchev–Trinajstić information content (AvgIpc) is 2.45. The van der Waals surface area contributed by atoms with Gasteiger partial charge < -0.3 is 5.11 Å². The van der Waals surface area contributed by atoms with E-state index in [0.717, 1.165) is 0 Å². The number of ether oxygens (including phenoxy) is 1. The Hall–Kier alpha value is -1.85. The topological polar surface area (TPSA) is 29.5 Å². The Bertz CT molecular complexity index is 526. The van der Waals surface area contributed by atoms with Crippen LogP contribution < -0.4 is 0 Å². The van der Waals surface area contributed by atoms with Gasteiger partial charge in [-0.1, -0.05) is 60.7 Å². The molecule has 2 rings (SSSR count). The predicted molar refractivity (Wildman–Crippen MR) is 67.7 cm³/mol. The summed E-state index contributed by atoms with van der Waals surface area (Å²) in [5, 5.41) is 10.2. The van der Waals surface area contributed by atoms with Crippen molar-refractivity contribution < 1.29 is 23.0 Å². The fraction of sp³-hybridized carbons (Fsp3) is 0.200. The van der Waals surface area contributed by atoms with E-state index >= 15 is 0 Å². The second-order valence-electron chi connectivity index (χ2n) is 4.25. The zero-order valence-electron chi connectivity index (χ0n) is 10.4. The Kier molecular flexibility index (Phi) is 4.42. The second kappa shape index (κ2) is 6.07. The first-order valence-corrected chi connectivity index (χ1v) is 6.00. The zero-order valence-corrected chi connectivity index (χ0v) is 10.4. The molecule has 2 aromatic carbocycles. The molecule has 0 fully saturated rings. The lowest BCUT2D eigenvalue weighted by molar-refractivity contribution is -0.354. The molecule has 1 N–H and O–H groups in total. The van der Waals surface area contributed by atoms with Crippen molar-refractivity contribution in [2.75, 3.05) is 0 Å². The molecule has 2 nitrogen and oxygen atoms in total. The highest BCUT2D eigenvalue weighted by molar-refractivity contribution is 5.25. The maximum absolute atomic E-state index is 12.5. The molecule has 0 heterocycles. The maximum Gasteiger partial charge on any atom is 0.523 e. The summed E-state index contributed by atoms with van der Waals surface area (Å²) >= 11 is 0. The first-order valence-electron chi connectivity index (χ1n) is 6.00. The summed E-state index contributed by atoms with van der Waals surface area (Å²) in [6.45, 7) is 0. The van der Waals surface area contributed by atoms with Crippen molar-refractivity contribution in [3.8, 4) is 0 Å². The number of hydrogen-bond donors (Lipinski definition) is 1. The lowest BCUT2D eigenvalue weighted by Crippen LogP contribution is -2.23. The number of rotatable bonds is 4. The molecule has 0 saturated heterocycles. The molecule has 0 unspecified atom stereocenters. The van der Waals surface area contributed by atoms with Crippen molar-refractivity contribution in [1.82, 2.24) is 0 Å². The highest BCUT2D eigenvalue weighted by atomic mass is 19.4. The summed E-state index contributed by atoms with van der Waals surface area (Å²) in [5.41, 5.74) is 0.631. The minimum atomic E-state index is -4.82. The fourth-order valence-electron chi connectivity index (χ4n) is 1.93. The van der Waals surface area contributed by atoms with Crippen molar-refractivity contribution in [2.24, 2.45) is 0 Å². The lowest BCUT2D eigenvalue weighted by atomic mass is 9.98. The molecular formula is C15H13F3O2. The van der Waals surface area contributed by atoms with E-state index < -0.39 is 18.6 Å². The third kappa shape index (κ3) is 3.82. The molecule has 2 atom stereocenters. The van der Waals surface area contributed by atoms with Gasteiger partial charge in [0.05, 0.1) is 0 Å². The molecule has 0 aliphatic heterocycles. The Morgan fingerprint density at radius 3 is 1.70 bits per heavy atom. The normalized spacial score (nSPS) is 14.8. The molecule has 106 valence electrons. The van der Waals surface area contributed by atoms with Gasteiger partial charge in [-0.05, 0) is 11.1 Å². The van der Waals surface area contributed by atoms with Crippen LogP contribution in [0.25, 0.3) is 0 Å². The van der Waals surface area contributed by atoms with E-state index in [1.54, 1.807) is 48.5 Å². The van der Waals surface area contributed by atoms with Crippen LogP contribution in [-0.4, -0.2) is 11.5 Å². The molecule has 0 aliphatic carbocycles. The van der Waals surface area contributed by atoms with Crippen LogP contribution in [0.1, 0.15) is 23.3 Å². The Labute approximate surface area is 114 Å². The van der Waals surface area contributed by atoms with Gasteiger partial charge in [0.1, 0.15) is 12.2 Å². The largest absolute Gasteiger partial charge is 0.523 e.